The first-order valence-electron chi connectivity index (χ1n) is 8.52. The molecular formula is C21H17N3O2S. The first-order valence-corrected chi connectivity index (χ1v) is 9.50. The third-order valence-electron chi connectivity index (χ3n) is 4.24. The number of hydrogen-bond donors (Lipinski definition) is 2. The second kappa shape index (κ2) is 7.25. The first kappa shape index (κ1) is 17.3. The number of rotatable bonds is 5. The van der Waals surface area contributed by atoms with Crippen LogP contribution in [-0.4, -0.2) is 26.5 Å². The molecule has 6 heteroatoms. The molecule has 0 bridgehead atoms. The van der Waals surface area contributed by atoms with Crippen molar-refractivity contribution in [3.8, 4) is 11.3 Å². The highest BCUT2D eigenvalue weighted by atomic mass is 32.2. The molecule has 0 fully saturated rings. The molecule has 0 aliphatic rings. The van der Waals surface area contributed by atoms with Gasteiger partial charge >= 0.3 is 0 Å². The van der Waals surface area contributed by atoms with Crippen LogP contribution < -0.4 is 5.56 Å². The second-order valence-electron chi connectivity index (χ2n) is 6.19. The highest BCUT2D eigenvalue weighted by Gasteiger charge is 2.19. The van der Waals surface area contributed by atoms with Crippen molar-refractivity contribution in [3.63, 3.8) is 0 Å². The van der Waals surface area contributed by atoms with Gasteiger partial charge in [0.15, 0.2) is 10.9 Å². The number of H-pyrrole nitrogens is 2. The van der Waals surface area contributed by atoms with E-state index in [1.54, 1.807) is 6.92 Å². The molecule has 0 radical (unpaired) electrons. The molecule has 4 rings (SSSR count). The lowest BCUT2D eigenvalue weighted by Gasteiger charge is -2.05. The number of aryl methyl sites for hydroxylation is 1. The molecule has 27 heavy (non-hydrogen) atoms. The molecule has 0 spiro atoms. The molecule has 2 aromatic carbocycles. The van der Waals surface area contributed by atoms with Gasteiger partial charge in [-0.15, -0.1) is 0 Å². The van der Waals surface area contributed by atoms with Gasteiger partial charge in [0.1, 0.15) is 0 Å². The summed E-state index contributed by atoms with van der Waals surface area (Å²) in [5.41, 5.74) is 3.78. The third-order valence-corrected chi connectivity index (χ3v) is 5.11. The molecule has 4 aromatic rings. The predicted octanol–water partition coefficient (Wildman–Crippen LogP) is 4.20. The predicted molar refractivity (Wildman–Crippen MR) is 108 cm³/mol. The van der Waals surface area contributed by atoms with Crippen molar-refractivity contribution in [1.82, 2.24) is 15.0 Å². The van der Waals surface area contributed by atoms with E-state index in [1.165, 1.54) is 17.8 Å². The van der Waals surface area contributed by atoms with Crippen LogP contribution >= 0.6 is 11.8 Å². The van der Waals surface area contributed by atoms with Gasteiger partial charge in [0.25, 0.3) is 5.56 Å². The summed E-state index contributed by atoms with van der Waals surface area (Å²) < 4.78 is 0. The Morgan fingerprint density at radius 3 is 2.56 bits per heavy atom. The van der Waals surface area contributed by atoms with Crippen LogP contribution in [0.1, 0.15) is 16.1 Å². The maximum Gasteiger partial charge on any atom is 0.251 e. The fourth-order valence-electron chi connectivity index (χ4n) is 3.08. The van der Waals surface area contributed by atoms with Crippen LogP contribution in [-0.2, 0) is 0 Å². The van der Waals surface area contributed by atoms with Gasteiger partial charge in [-0.05, 0) is 18.6 Å². The number of nitrogens with one attached hydrogen (secondary N) is 2. The van der Waals surface area contributed by atoms with E-state index in [0.717, 1.165) is 22.2 Å². The van der Waals surface area contributed by atoms with Crippen LogP contribution in [0.4, 0.5) is 0 Å². The molecular weight excluding hydrogens is 358 g/mol. The van der Waals surface area contributed by atoms with Crippen molar-refractivity contribution in [2.45, 2.75) is 12.1 Å². The minimum Gasteiger partial charge on any atom is -0.354 e. The fourth-order valence-corrected chi connectivity index (χ4v) is 3.87. The zero-order valence-corrected chi connectivity index (χ0v) is 15.5. The number of aromatic nitrogens is 3. The van der Waals surface area contributed by atoms with Gasteiger partial charge in [0.2, 0.25) is 0 Å². The van der Waals surface area contributed by atoms with Gasteiger partial charge in [-0.25, -0.2) is 4.98 Å². The SMILES string of the molecule is Cc1cc(=O)[nH]c(SCC(=O)c2c(-c3ccccc3)[nH]c3ccccc23)n1. The van der Waals surface area contributed by atoms with E-state index < -0.39 is 0 Å². The Morgan fingerprint density at radius 1 is 1.04 bits per heavy atom. The highest BCUT2D eigenvalue weighted by Crippen LogP contribution is 2.31. The molecule has 5 nitrogen and oxygen atoms in total. The molecule has 0 unspecified atom stereocenters. The van der Waals surface area contributed by atoms with E-state index in [4.69, 9.17) is 0 Å². The van der Waals surface area contributed by atoms with Crippen molar-refractivity contribution in [3.05, 3.63) is 82.3 Å². The highest BCUT2D eigenvalue weighted by molar-refractivity contribution is 7.99. The molecule has 2 heterocycles. The number of para-hydroxylation sites is 1. The fraction of sp³-hybridized carbons (Fsp3) is 0.0952. The maximum absolute atomic E-state index is 13.1. The summed E-state index contributed by atoms with van der Waals surface area (Å²) in [6, 6.07) is 19.0. The molecule has 0 saturated heterocycles. The molecule has 0 aliphatic carbocycles. The van der Waals surface area contributed by atoms with Gasteiger partial charge in [-0.3, -0.25) is 9.59 Å². The second-order valence-corrected chi connectivity index (χ2v) is 7.15. The van der Waals surface area contributed by atoms with Crippen LogP contribution in [0.25, 0.3) is 22.2 Å². The molecule has 0 saturated carbocycles. The minimum atomic E-state index is -0.213. The summed E-state index contributed by atoms with van der Waals surface area (Å²) in [5.74, 6) is 0.175. The average molecular weight is 375 g/mol. The van der Waals surface area contributed by atoms with Crippen LogP contribution in [0.5, 0.6) is 0 Å². The number of fused-ring (bicyclic) bond motifs is 1. The van der Waals surface area contributed by atoms with Crippen molar-refractivity contribution >= 4 is 28.4 Å². The Kier molecular flexibility index (Phi) is 4.64. The Morgan fingerprint density at radius 2 is 1.78 bits per heavy atom. The van der Waals surface area contributed by atoms with Crippen LogP contribution in [0, 0.1) is 6.92 Å². The van der Waals surface area contributed by atoms with Crippen LogP contribution in [0.15, 0.2) is 70.6 Å². The smallest absolute Gasteiger partial charge is 0.251 e. The minimum absolute atomic E-state index is 0.0135. The van der Waals surface area contributed by atoms with E-state index in [2.05, 4.69) is 15.0 Å². The van der Waals surface area contributed by atoms with Crippen molar-refractivity contribution in [2.75, 3.05) is 5.75 Å². The maximum atomic E-state index is 13.1. The van der Waals surface area contributed by atoms with Crippen LogP contribution in [0.3, 0.4) is 0 Å². The summed E-state index contributed by atoms with van der Waals surface area (Å²) in [5, 5.41) is 1.35. The molecule has 0 amide bonds. The largest absolute Gasteiger partial charge is 0.354 e. The molecule has 0 atom stereocenters. The number of hydrogen-bond acceptors (Lipinski definition) is 4. The Balaban J connectivity index is 1.71. The lowest BCUT2D eigenvalue weighted by Crippen LogP contribution is -2.10. The Bertz CT molecular complexity index is 1180. The van der Waals surface area contributed by atoms with Crippen molar-refractivity contribution in [1.29, 1.82) is 0 Å². The number of aromatic amines is 2. The van der Waals surface area contributed by atoms with Gasteiger partial charge in [0.05, 0.1) is 17.0 Å². The number of ketones is 1. The zero-order chi connectivity index (χ0) is 18.8. The number of thioether (sulfide) groups is 1. The molecule has 2 aromatic heterocycles. The van der Waals surface area contributed by atoms with Crippen molar-refractivity contribution < 1.29 is 4.79 Å². The van der Waals surface area contributed by atoms with Gasteiger partial charge in [-0.1, -0.05) is 60.3 Å². The van der Waals surface area contributed by atoms with Crippen molar-refractivity contribution in [2.24, 2.45) is 0 Å². The van der Waals surface area contributed by atoms with Gasteiger partial charge in [0, 0.05) is 22.7 Å². The monoisotopic (exact) mass is 375 g/mol. The molecule has 2 N–H and O–H groups in total. The van der Waals surface area contributed by atoms with E-state index in [-0.39, 0.29) is 17.1 Å². The topological polar surface area (TPSA) is 78.6 Å². The number of benzene rings is 2. The zero-order valence-electron chi connectivity index (χ0n) is 14.7. The van der Waals surface area contributed by atoms with E-state index in [0.29, 0.717) is 16.4 Å². The quantitative estimate of drug-likeness (QED) is 0.311. The number of carbonyl (C=O) groups is 1. The van der Waals surface area contributed by atoms with E-state index >= 15 is 0 Å². The number of carbonyl (C=O) groups excluding carboxylic acids is 1. The summed E-state index contributed by atoms with van der Waals surface area (Å²) >= 11 is 1.24. The summed E-state index contributed by atoms with van der Waals surface area (Å²) in [4.78, 5) is 35.0. The summed E-state index contributed by atoms with van der Waals surface area (Å²) in [7, 11) is 0. The van der Waals surface area contributed by atoms with E-state index in [9.17, 15) is 9.59 Å². The summed E-state index contributed by atoms with van der Waals surface area (Å²) in [6.45, 7) is 1.76. The number of nitrogens with zero attached hydrogens (tertiary/aromatic N) is 1. The Labute approximate surface area is 159 Å². The third kappa shape index (κ3) is 3.57. The lowest BCUT2D eigenvalue weighted by atomic mass is 10.0. The van der Waals surface area contributed by atoms with Gasteiger partial charge in [-0.2, -0.15) is 0 Å². The number of Topliss-reactive ketones (excluding diaryl/α,β-unsaturated/α-hetero) is 1. The van der Waals surface area contributed by atoms with E-state index in [1.807, 2.05) is 54.6 Å². The first-order chi connectivity index (χ1) is 13.1. The standard InChI is InChI=1S/C21H17N3O2S/c1-13-11-18(26)24-21(22-13)27-12-17(25)19-15-9-5-6-10-16(15)23-20(19)14-7-3-2-4-8-14/h2-11,23H,12H2,1H3,(H,22,24,26). The van der Waals surface area contributed by atoms with Gasteiger partial charge < -0.3 is 9.97 Å². The lowest BCUT2D eigenvalue weighted by molar-refractivity contribution is 0.102. The van der Waals surface area contributed by atoms with Crippen LogP contribution in [0.2, 0.25) is 0 Å². The normalized spacial score (nSPS) is 11.0. The Hall–Kier alpha value is -3.12. The summed E-state index contributed by atoms with van der Waals surface area (Å²) in [6.07, 6.45) is 0. The molecule has 134 valence electrons. The average Bonchev–Trinajstić information content (AvgIpc) is 3.06. The molecule has 0 aliphatic heterocycles.